The summed E-state index contributed by atoms with van der Waals surface area (Å²) in [6, 6.07) is 3.82. The Hall–Kier alpha value is -3.09. The highest BCUT2D eigenvalue weighted by molar-refractivity contribution is 5.96. The van der Waals surface area contributed by atoms with Crippen molar-refractivity contribution in [3.05, 3.63) is 64.1 Å². The van der Waals surface area contributed by atoms with Gasteiger partial charge in [-0.3, -0.25) is 14.6 Å². The summed E-state index contributed by atoms with van der Waals surface area (Å²) in [6.45, 7) is 3.05. The smallest absolute Gasteiger partial charge is 0.256 e. The Morgan fingerprint density at radius 1 is 1.19 bits per heavy atom. The van der Waals surface area contributed by atoms with Gasteiger partial charge in [-0.2, -0.15) is 0 Å². The molecule has 0 atom stereocenters. The molecule has 0 bridgehead atoms. The van der Waals surface area contributed by atoms with Gasteiger partial charge in [0.05, 0.1) is 5.39 Å². The number of nitrogens with zero attached hydrogens (tertiary/aromatic N) is 4. The highest BCUT2D eigenvalue weighted by Gasteiger charge is 2.18. The van der Waals surface area contributed by atoms with Crippen LogP contribution in [0.4, 0.5) is 0 Å². The van der Waals surface area contributed by atoms with Gasteiger partial charge >= 0.3 is 0 Å². The zero-order valence-electron chi connectivity index (χ0n) is 18.0. The van der Waals surface area contributed by atoms with Gasteiger partial charge in [0.15, 0.2) is 0 Å². The first-order valence-electron chi connectivity index (χ1n) is 11.2. The zero-order chi connectivity index (χ0) is 21.6. The van der Waals surface area contributed by atoms with E-state index in [1.54, 1.807) is 24.8 Å². The molecule has 0 unspecified atom stereocenters. The number of amides is 1. The largest absolute Gasteiger partial charge is 0.352 e. The lowest BCUT2D eigenvalue weighted by molar-refractivity contribution is 0.0952. The first kappa shape index (κ1) is 21.2. The summed E-state index contributed by atoms with van der Waals surface area (Å²) in [5, 5.41) is 3.25. The maximum Gasteiger partial charge on any atom is 0.256 e. The molecule has 4 rings (SSSR count). The van der Waals surface area contributed by atoms with Gasteiger partial charge in [0, 0.05) is 44.3 Å². The van der Waals surface area contributed by atoms with Crippen molar-refractivity contribution in [2.45, 2.75) is 58.4 Å². The summed E-state index contributed by atoms with van der Waals surface area (Å²) in [7, 11) is 0. The molecule has 3 heterocycles. The molecular formula is C24H29N5O2. The maximum absolute atomic E-state index is 13.0. The first-order chi connectivity index (χ1) is 15.2. The number of carbonyl (C=O) groups excluding carboxylic acids is 1. The van der Waals surface area contributed by atoms with Crippen molar-refractivity contribution in [2.75, 3.05) is 6.54 Å². The van der Waals surface area contributed by atoms with Gasteiger partial charge in [0.2, 0.25) is 5.43 Å². The molecule has 162 valence electrons. The molecule has 0 aromatic carbocycles. The zero-order valence-corrected chi connectivity index (χ0v) is 18.0. The molecule has 1 amide bonds. The fourth-order valence-corrected chi connectivity index (χ4v) is 4.33. The summed E-state index contributed by atoms with van der Waals surface area (Å²) < 4.78 is 1.87. The molecule has 0 saturated heterocycles. The third-order valence-corrected chi connectivity index (χ3v) is 6.15. The van der Waals surface area contributed by atoms with Gasteiger partial charge in [-0.1, -0.05) is 25.7 Å². The van der Waals surface area contributed by atoms with Crippen LogP contribution in [0, 0.1) is 5.92 Å². The predicted octanol–water partition coefficient (Wildman–Crippen LogP) is 3.30. The minimum absolute atomic E-state index is 0.131. The number of rotatable bonds is 8. The van der Waals surface area contributed by atoms with Crippen molar-refractivity contribution in [3.8, 4) is 0 Å². The van der Waals surface area contributed by atoms with Crippen molar-refractivity contribution >= 4 is 16.9 Å². The molecule has 1 saturated carbocycles. The van der Waals surface area contributed by atoms with E-state index in [4.69, 9.17) is 0 Å². The number of nitrogens with one attached hydrogen (secondary N) is 1. The molecule has 3 aromatic heterocycles. The van der Waals surface area contributed by atoms with Crippen LogP contribution in [-0.4, -0.2) is 32.0 Å². The Bertz CT molecular complexity index is 1100. The lowest BCUT2D eigenvalue weighted by Crippen LogP contribution is -2.31. The quantitative estimate of drug-likeness (QED) is 0.605. The number of pyridine rings is 2. The van der Waals surface area contributed by atoms with Crippen LogP contribution in [0.2, 0.25) is 0 Å². The van der Waals surface area contributed by atoms with Gasteiger partial charge < -0.3 is 9.88 Å². The topological polar surface area (TPSA) is 89.8 Å². The van der Waals surface area contributed by atoms with E-state index in [9.17, 15) is 9.59 Å². The van der Waals surface area contributed by atoms with Gasteiger partial charge in [-0.25, -0.2) is 9.97 Å². The second-order valence-corrected chi connectivity index (χ2v) is 8.23. The Morgan fingerprint density at radius 3 is 2.71 bits per heavy atom. The molecule has 0 spiro atoms. The second kappa shape index (κ2) is 9.81. The normalized spacial score (nSPS) is 14.2. The lowest BCUT2D eigenvalue weighted by Gasteiger charge is -2.12. The number of aromatic nitrogens is 4. The van der Waals surface area contributed by atoms with Crippen LogP contribution in [0.3, 0.4) is 0 Å². The number of hydrogen-bond acceptors (Lipinski definition) is 5. The van der Waals surface area contributed by atoms with E-state index < -0.39 is 0 Å². The molecule has 7 nitrogen and oxygen atoms in total. The van der Waals surface area contributed by atoms with E-state index in [-0.39, 0.29) is 16.9 Å². The van der Waals surface area contributed by atoms with E-state index in [1.807, 2.05) is 23.6 Å². The number of fused-ring (bicyclic) bond motifs is 1. The summed E-state index contributed by atoms with van der Waals surface area (Å²) in [5.41, 5.74) is 1.51. The van der Waals surface area contributed by atoms with Crippen molar-refractivity contribution in [1.29, 1.82) is 0 Å². The van der Waals surface area contributed by atoms with E-state index in [1.165, 1.54) is 25.7 Å². The molecule has 0 radical (unpaired) electrons. The minimum atomic E-state index is -0.367. The number of aryl methyl sites for hydroxylation is 2. The van der Waals surface area contributed by atoms with Crippen LogP contribution in [0.25, 0.3) is 11.0 Å². The van der Waals surface area contributed by atoms with Crippen LogP contribution < -0.4 is 10.7 Å². The molecule has 1 N–H and O–H groups in total. The monoisotopic (exact) mass is 419 g/mol. The predicted molar refractivity (Wildman–Crippen MR) is 120 cm³/mol. The summed E-state index contributed by atoms with van der Waals surface area (Å²) in [6.07, 6.45) is 14.5. The third kappa shape index (κ3) is 4.98. The van der Waals surface area contributed by atoms with E-state index >= 15 is 0 Å². The maximum atomic E-state index is 13.0. The van der Waals surface area contributed by atoms with Crippen LogP contribution >= 0.6 is 0 Å². The molecule has 1 fully saturated rings. The second-order valence-electron chi connectivity index (χ2n) is 8.23. The Labute approximate surface area is 182 Å². The van der Waals surface area contributed by atoms with E-state index in [0.29, 0.717) is 30.5 Å². The average molecular weight is 420 g/mol. The van der Waals surface area contributed by atoms with Crippen LogP contribution in [0.15, 0.2) is 41.7 Å². The SMILES string of the molecule is CCn1cc(C(=O)NCCc2ccncc2)c(=O)c2cnc(CCC3CCCC3)nc21. The van der Waals surface area contributed by atoms with Crippen LogP contribution in [0.5, 0.6) is 0 Å². The molecule has 1 aliphatic rings. The van der Waals surface area contributed by atoms with Crippen molar-refractivity contribution < 1.29 is 4.79 Å². The van der Waals surface area contributed by atoms with E-state index in [0.717, 1.165) is 30.1 Å². The highest BCUT2D eigenvalue weighted by Crippen LogP contribution is 2.28. The molecule has 31 heavy (non-hydrogen) atoms. The Kier molecular flexibility index (Phi) is 6.70. The first-order valence-corrected chi connectivity index (χ1v) is 11.2. The minimum Gasteiger partial charge on any atom is -0.352 e. The molecular weight excluding hydrogens is 390 g/mol. The van der Waals surface area contributed by atoms with Crippen LogP contribution in [0.1, 0.15) is 60.8 Å². The van der Waals surface area contributed by atoms with Crippen molar-refractivity contribution in [3.63, 3.8) is 0 Å². The lowest BCUT2D eigenvalue weighted by atomic mass is 10.0. The summed E-state index contributed by atoms with van der Waals surface area (Å²) in [5.74, 6) is 1.18. The standard InChI is InChI=1S/C24H29N5O2/c1-2-29-16-20(24(31)26-14-11-18-9-12-25-13-10-18)22(30)19-15-27-21(28-23(19)29)8-7-17-5-3-4-6-17/h9-10,12-13,15-17H,2-8,11,14H2,1H3,(H,26,31). The summed E-state index contributed by atoms with van der Waals surface area (Å²) >= 11 is 0. The van der Waals surface area contributed by atoms with Gasteiger partial charge in [0.1, 0.15) is 17.0 Å². The molecule has 1 aliphatic carbocycles. The molecule has 3 aromatic rings. The van der Waals surface area contributed by atoms with Crippen molar-refractivity contribution in [1.82, 2.24) is 24.8 Å². The average Bonchev–Trinajstić information content (AvgIpc) is 3.32. The molecule has 7 heteroatoms. The number of carbonyl (C=O) groups is 1. The number of hydrogen-bond donors (Lipinski definition) is 1. The summed E-state index contributed by atoms with van der Waals surface area (Å²) in [4.78, 5) is 38.8. The molecule has 0 aliphatic heterocycles. The third-order valence-electron chi connectivity index (χ3n) is 6.15. The van der Waals surface area contributed by atoms with Gasteiger partial charge in [-0.05, 0) is 43.4 Å². The van der Waals surface area contributed by atoms with Crippen molar-refractivity contribution in [2.24, 2.45) is 5.92 Å². The van der Waals surface area contributed by atoms with Gasteiger partial charge in [0.25, 0.3) is 5.91 Å². The highest BCUT2D eigenvalue weighted by atomic mass is 16.2. The Morgan fingerprint density at radius 2 is 1.97 bits per heavy atom. The van der Waals surface area contributed by atoms with Crippen LogP contribution in [-0.2, 0) is 19.4 Å². The van der Waals surface area contributed by atoms with E-state index in [2.05, 4.69) is 20.3 Å². The van der Waals surface area contributed by atoms with Gasteiger partial charge in [-0.15, -0.1) is 0 Å². The Balaban J connectivity index is 1.51. The fourth-order valence-electron chi connectivity index (χ4n) is 4.33. The fraction of sp³-hybridized carbons (Fsp3) is 0.458.